The van der Waals surface area contributed by atoms with E-state index < -0.39 is 21.4 Å². The van der Waals surface area contributed by atoms with E-state index in [1.807, 2.05) is 27.7 Å². The summed E-state index contributed by atoms with van der Waals surface area (Å²) in [6.45, 7) is 8.96. The van der Waals surface area contributed by atoms with Crippen molar-refractivity contribution in [3.05, 3.63) is 53.8 Å². The number of nitrogens with one attached hydrogen (secondary N) is 2. The predicted molar refractivity (Wildman–Crippen MR) is 127 cm³/mol. The van der Waals surface area contributed by atoms with Gasteiger partial charge in [0, 0.05) is 19.6 Å². The maximum atomic E-state index is 14.6. The average Bonchev–Trinajstić information content (AvgIpc) is 2.72. The van der Waals surface area contributed by atoms with Crippen molar-refractivity contribution in [3.63, 3.8) is 0 Å². The van der Waals surface area contributed by atoms with Gasteiger partial charge in [0.05, 0.1) is 16.3 Å². The number of aryl methyl sites for hydroxylation is 1. The number of anilines is 2. The molecule has 9 heteroatoms. The molecular weight excluding hydrogens is 445 g/mol. The van der Waals surface area contributed by atoms with Crippen LogP contribution in [0, 0.1) is 18.7 Å². The second-order valence-electron chi connectivity index (χ2n) is 9.37. The van der Waals surface area contributed by atoms with E-state index >= 15 is 0 Å². The molecule has 1 saturated heterocycles. The second kappa shape index (κ2) is 9.99. The number of hydrogen-bond acceptors (Lipinski definition) is 5. The number of rotatable bonds is 6. The minimum Gasteiger partial charge on any atom is -0.444 e. The van der Waals surface area contributed by atoms with Crippen LogP contribution in [0.25, 0.3) is 0 Å². The van der Waals surface area contributed by atoms with E-state index in [-0.39, 0.29) is 28.3 Å². The molecule has 1 fully saturated rings. The molecule has 0 bridgehead atoms. The van der Waals surface area contributed by atoms with Crippen LogP contribution in [0.1, 0.15) is 39.2 Å². The quantitative estimate of drug-likeness (QED) is 0.612. The van der Waals surface area contributed by atoms with Crippen LogP contribution in [0.2, 0.25) is 0 Å². The van der Waals surface area contributed by atoms with Gasteiger partial charge >= 0.3 is 6.09 Å². The number of hydrogen-bond donors (Lipinski definition) is 2. The zero-order valence-electron chi connectivity index (χ0n) is 19.5. The molecule has 3 rings (SSSR count). The number of carbonyl (C=O) groups is 1. The highest BCUT2D eigenvalue weighted by Gasteiger charge is 2.27. The molecule has 0 radical (unpaired) electrons. The summed E-state index contributed by atoms with van der Waals surface area (Å²) in [4.78, 5) is 14.0. The van der Waals surface area contributed by atoms with E-state index in [9.17, 15) is 17.6 Å². The second-order valence-corrected chi connectivity index (χ2v) is 11.1. The topological polar surface area (TPSA) is 87.7 Å². The van der Waals surface area contributed by atoms with Crippen LogP contribution in [-0.2, 0) is 14.8 Å². The van der Waals surface area contributed by atoms with Gasteiger partial charge in [0.25, 0.3) is 10.0 Å². The van der Waals surface area contributed by atoms with Crippen molar-refractivity contribution in [2.24, 2.45) is 5.92 Å². The van der Waals surface area contributed by atoms with Gasteiger partial charge in [-0.3, -0.25) is 4.72 Å². The first-order chi connectivity index (χ1) is 15.4. The Balaban J connectivity index is 1.62. The van der Waals surface area contributed by atoms with Crippen molar-refractivity contribution in [2.75, 3.05) is 29.7 Å². The van der Waals surface area contributed by atoms with Crippen molar-refractivity contribution in [1.82, 2.24) is 4.90 Å². The highest BCUT2D eigenvalue weighted by molar-refractivity contribution is 7.92. The Hall–Kier alpha value is -2.81. The van der Waals surface area contributed by atoms with Crippen LogP contribution in [0.4, 0.5) is 20.6 Å². The number of para-hydroxylation sites is 1. The third-order valence-corrected chi connectivity index (χ3v) is 6.80. The molecule has 0 saturated carbocycles. The van der Waals surface area contributed by atoms with Crippen LogP contribution in [0.5, 0.6) is 0 Å². The highest BCUT2D eigenvalue weighted by atomic mass is 32.2. The molecule has 0 aliphatic carbocycles. The molecule has 2 N–H and O–H groups in total. The number of nitrogens with zero attached hydrogens (tertiary/aromatic N) is 1. The van der Waals surface area contributed by atoms with Crippen LogP contribution < -0.4 is 10.0 Å². The number of carbonyl (C=O) groups excluding carboxylic acids is 1. The standard InChI is InChI=1S/C24H32FN3O4S/c1-17-8-10-19(11-9-17)33(30,31)27-21-7-5-6-20(25)22(21)26-16-18-12-14-28(15-13-18)23(29)32-24(2,3)4/h5-11,18,26-27H,12-16H2,1-4H3. The van der Waals surface area contributed by atoms with Gasteiger partial charge < -0.3 is 15.0 Å². The van der Waals surface area contributed by atoms with Gasteiger partial charge in [-0.2, -0.15) is 0 Å². The van der Waals surface area contributed by atoms with Gasteiger partial charge in [0.15, 0.2) is 0 Å². The maximum absolute atomic E-state index is 14.6. The summed E-state index contributed by atoms with van der Waals surface area (Å²) in [6, 6.07) is 10.7. The lowest BCUT2D eigenvalue weighted by Crippen LogP contribution is -2.42. The first-order valence-electron chi connectivity index (χ1n) is 11.0. The molecule has 1 heterocycles. The lowest BCUT2D eigenvalue weighted by atomic mass is 9.97. The average molecular weight is 478 g/mol. The number of benzene rings is 2. The SMILES string of the molecule is Cc1ccc(S(=O)(=O)Nc2cccc(F)c2NCC2CCN(C(=O)OC(C)(C)C)CC2)cc1. The normalized spacial score (nSPS) is 15.2. The van der Waals surface area contributed by atoms with Crippen molar-refractivity contribution >= 4 is 27.5 Å². The van der Waals surface area contributed by atoms with E-state index in [4.69, 9.17) is 4.74 Å². The van der Waals surface area contributed by atoms with Gasteiger partial charge in [0.1, 0.15) is 11.4 Å². The van der Waals surface area contributed by atoms with Crippen molar-refractivity contribution < 1.29 is 22.3 Å². The molecule has 0 atom stereocenters. The fraction of sp³-hybridized carbons (Fsp3) is 0.458. The Morgan fingerprint density at radius 3 is 2.36 bits per heavy atom. The van der Waals surface area contributed by atoms with Gasteiger partial charge in [-0.15, -0.1) is 0 Å². The Morgan fingerprint density at radius 1 is 1.12 bits per heavy atom. The van der Waals surface area contributed by atoms with E-state index in [0.717, 1.165) is 18.4 Å². The number of piperidine rings is 1. The first-order valence-corrected chi connectivity index (χ1v) is 12.5. The molecule has 2 aromatic carbocycles. The Bertz CT molecular complexity index is 1070. The molecule has 0 unspecified atom stereocenters. The zero-order chi connectivity index (χ0) is 24.2. The molecule has 0 aromatic heterocycles. The number of amides is 1. The summed E-state index contributed by atoms with van der Waals surface area (Å²) < 4.78 is 48.0. The molecule has 1 aliphatic heterocycles. The minimum absolute atomic E-state index is 0.109. The number of likely N-dealkylation sites (tertiary alicyclic amines) is 1. The molecule has 180 valence electrons. The molecule has 1 amide bonds. The van der Waals surface area contributed by atoms with Crippen LogP contribution in [0.15, 0.2) is 47.4 Å². The van der Waals surface area contributed by atoms with Gasteiger partial charge in [0.2, 0.25) is 0 Å². The number of halogens is 1. The number of sulfonamides is 1. The summed E-state index contributed by atoms with van der Waals surface area (Å²) >= 11 is 0. The Labute approximate surface area is 195 Å². The fourth-order valence-corrected chi connectivity index (χ4v) is 4.67. The Kier molecular flexibility index (Phi) is 7.51. The summed E-state index contributed by atoms with van der Waals surface area (Å²) in [5.41, 5.74) is 0.673. The van der Waals surface area contributed by atoms with Crippen molar-refractivity contribution in [1.29, 1.82) is 0 Å². The highest BCUT2D eigenvalue weighted by Crippen LogP contribution is 2.29. The molecule has 33 heavy (non-hydrogen) atoms. The largest absolute Gasteiger partial charge is 0.444 e. The summed E-state index contributed by atoms with van der Waals surface area (Å²) in [6.07, 6.45) is 1.16. The van der Waals surface area contributed by atoms with Crippen molar-refractivity contribution in [3.8, 4) is 0 Å². The maximum Gasteiger partial charge on any atom is 0.410 e. The Morgan fingerprint density at radius 2 is 1.76 bits per heavy atom. The van der Waals surface area contributed by atoms with Crippen LogP contribution in [-0.4, -0.2) is 44.6 Å². The van der Waals surface area contributed by atoms with Gasteiger partial charge in [-0.1, -0.05) is 23.8 Å². The number of ether oxygens (including phenoxy) is 1. The van der Waals surface area contributed by atoms with Crippen molar-refractivity contribution in [2.45, 2.75) is 51.0 Å². The summed E-state index contributed by atoms with van der Waals surface area (Å²) in [7, 11) is -3.86. The van der Waals surface area contributed by atoms with E-state index in [0.29, 0.717) is 19.6 Å². The smallest absolute Gasteiger partial charge is 0.410 e. The van der Waals surface area contributed by atoms with Crippen LogP contribution >= 0.6 is 0 Å². The molecule has 1 aliphatic rings. The van der Waals surface area contributed by atoms with Gasteiger partial charge in [-0.05, 0) is 70.7 Å². The van der Waals surface area contributed by atoms with E-state index in [2.05, 4.69) is 10.0 Å². The van der Waals surface area contributed by atoms with Gasteiger partial charge in [-0.25, -0.2) is 17.6 Å². The monoisotopic (exact) mass is 477 g/mol. The zero-order valence-corrected chi connectivity index (χ0v) is 20.3. The fourth-order valence-electron chi connectivity index (χ4n) is 3.60. The summed E-state index contributed by atoms with van der Waals surface area (Å²) in [5, 5.41) is 3.08. The molecular formula is C24H32FN3O4S. The lowest BCUT2D eigenvalue weighted by molar-refractivity contribution is 0.0188. The van der Waals surface area contributed by atoms with E-state index in [1.165, 1.54) is 30.3 Å². The first kappa shape index (κ1) is 24.8. The lowest BCUT2D eigenvalue weighted by Gasteiger charge is -2.33. The third-order valence-electron chi connectivity index (χ3n) is 5.42. The molecule has 7 nitrogen and oxygen atoms in total. The predicted octanol–water partition coefficient (Wildman–Crippen LogP) is 4.99. The third kappa shape index (κ3) is 6.83. The molecule has 2 aromatic rings. The summed E-state index contributed by atoms with van der Waals surface area (Å²) in [5.74, 6) is -0.324. The van der Waals surface area contributed by atoms with Crippen LogP contribution in [0.3, 0.4) is 0 Å². The molecule has 0 spiro atoms. The minimum atomic E-state index is -3.86. The van der Waals surface area contributed by atoms with E-state index in [1.54, 1.807) is 17.0 Å².